The topological polar surface area (TPSA) is 89.3 Å². The van der Waals surface area contributed by atoms with Crippen LogP contribution in [0.2, 0.25) is 0 Å². The smallest absolute Gasteiger partial charge is 0.249 e. The third-order valence-corrected chi connectivity index (χ3v) is 5.97. The van der Waals surface area contributed by atoms with Gasteiger partial charge in [0.1, 0.15) is 23.9 Å². The summed E-state index contributed by atoms with van der Waals surface area (Å²) in [6, 6.07) is 23.1. The van der Waals surface area contributed by atoms with Crippen LogP contribution >= 0.6 is 0 Å². The number of hydrogen-bond donors (Lipinski definition) is 1. The molecule has 4 rings (SSSR count). The fourth-order valence-electron chi connectivity index (χ4n) is 4.05. The van der Waals surface area contributed by atoms with Gasteiger partial charge in [0.25, 0.3) is 0 Å². The lowest BCUT2D eigenvalue weighted by Crippen LogP contribution is -2.45. The molecule has 0 spiro atoms. The van der Waals surface area contributed by atoms with Crippen molar-refractivity contribution in [3.8, 4) is 5.75 Å². The van der Waals surface area contributed by atoms with Crippen molar-refractivity contribution in [2.24, 2.45) is 5.92 Å². The molecule has 0 bridgehead atoms. The molecule has 1 aromatic heterocycles. The van der Waals surface area contributed by atoms with Crippen LogP contribution in [-0.2, 0) is 16.1 Å². The van der Waals surface area contributed by atoms with E-state index in [0.29, 0.717) is 35.0 Å². The highest BCUT2D eigenvalue weighted by molar-refractivity contribution is 6.01. The summed E-state index contributed by atoms with van der Waals surface area (Å²) >= 11 is 0. The second kappa shape index (κ2) is 11.5. The average molecular weight is 486 g/mol. The number of ether oxygens (including phenoxy) is 1. The van der Waals surface area contributed by atoms with Gasteiger partial charge >= 0.3 is 0 Å². The quantitative estimate of drug-likeness (QED) is 0.360. The molecule has 1 atom stereocenters. The normalized spacial score (nSPS) is 11.9. The highest BCUT2D eigenvalue weighted by Gasteiger charge is 2.33. The predicted molar refractivity (Wildman–Crippen MR) is 140 cm³/mol. The summed E-state index contributed by atoms with van der Waals surface area (Å²) in [6.07, 6.45) is 0.842. The number of methoxy groups -OCH3 is 1. The molecule has 0 aliphatic carbocycles. The van der Waals surface area contributed by atoms with Gasteiger partial charge in [0.05, 0.1) is 12.6 Å². The molecule has 3 aromatic carbocycles. The van der Waals surface area contributed by atoms with Gasteiger partial charge in [-0.2, -0.15) is 0 Å². The highest BCUT2D eigenvalue weighted by atomic mass is 16.5. The van der Waals surface area contributed by atoms with E-state index in [-0.39, 0.29) is 18.4 Å². The van der Waals surface area contributed by atoms with Crippen LogP contribution in [0.1, 0.15) is 31.9 Å². The molecule has 1 heterocycles. The lowest BCUT2D eigenvalue weighted by Gasteiger charge is -2.31. The Balaban J connectivity index is 1.74. The number of carbonyl (C=O) groups excluding carboxylic acids is 2. The van der Waals surface area contributed by atoms with Gasteiger partial charge in [-0.1, -0.05) is 61.5 Å². The Morgan fingerprint density at radius 1 is 0.972 bits per heavy atom. The number of aromatic nitrogens is 3. The number of hydrogen-bond acceptors (Lipinski definition) is 5. The number of nitrogens with zero attached hydrogens (tertiary/aromatic N) is 4. The number of carbonyl (C=O) groups is 2. The van der Waals surface area contributed by atoms with Gasteiger partial charge in [-0.15, -0.1) is 5.10 Å². The van der Waals surface area contributed by atoms with Crippen molar-refractivity contribution in [1.82, 2.24) is 20.3 Å². The Morgan fingerprint density at radius 2 is 1.67 bits per heavy atom. The Morgan fingerprint density at radius 3 is 2.36 bits per heavy atom. The van der Waals surface area contributed by atoms with E-state index in [1.54, 1.807) is 36.1 Å². The number of rotatable bonds is 10. The molecule has 186 valence electrons. The third kappa shape index (κ3) is 5.71. The molecule has 0 radical (unpaired) electrons. The minimum Gasteiger partial charge on any atom is -0.497 e. The highest BCUT2D eigenvalue weighted by Crippen LogP contribution is 2.30. The molecule has 36 heavy (non-hydrogen) atoms. The maximum atomic E-state index is 13.9. The number of fused-ring (bicyclic) bond motifs is 1. The maximum absolute atomic E-state index is 13.9. The second-order valence-electron chi connectivity index (χ2n) is 8.98. The molecule has 0 unspecified atom stereocenters. The van der Waals surface area contributed by atoms with Crippen LogP contribution in [0.3, 0.4) is 0 Å². The van der Waals surface area contributed by atoms with Gasteiger partial charge in [-0.25, -0.2) is 4.68 Å². The molecular formula is C28H31N5O3. The minimum absolute atomic E-state index is 0.0743. The van der Waals surface area contributed by atoms with Gasteiger partial charge < -0.3 is 10.1 Å². The minimum atomic E-state index is -0.867. The first-order chi connectivity index (χ1) is 17.5. The van der Waals surface area contributed by atoms with E-state index in [0.717, 1.165) is 11.9 Å². The Kier molecular flexibility index (Phi) is 7.95. The summed E-state index contributed by atoms with van der Waals surface area (Å²) in [5, 5.41) is 11.4. The lowest BCUT2D eigenvalue weighted by atomic mass is 10.0. The molecule has 0 aliphatic heterocycles. The summed E-state index contributed by atoms with van der Waals surface area (Å²) < 4.78 is 6.87. The fourth-order valence-corrected chi connectivity index (χ4v) is 4.05. The molecule has 1 N–H and O–H groups in total. The SMILES string of the molecule is COc1ccc(N(C(=O)Cn2nnc3ccccc32)[C@@H](C(=O)NCCC(C)C)c2ccccc2)cc1. The number of anilines is 1. The molecule has 0 fully saturated rings. The number of benzene rings is 3. The van der Waals surface area contributed by atoms with Crippen LogP contribution < -0.4 is 15.0 Å². The summed E-state index contributed by atoms with van der Waals surface area (Å²) in [5.74, 6) is 0.574. The van der Waals surface area contributed by atoms with Crippen LogP contribution in [0.4, 0.5) is 5.69 Å². The molecule has 8 heteroatoms. The number of para-hydroxylation sites is 1. The predicted octanol–water partition coefficient (Wildman–Crippen LogP) is 4.38. The summed E-state index contributed by atoms with van der Waals surface area (Å²) in [6.45, 7) is 4.67. The second-order valence-corrected chi connectivity index (χ2v) is 8.98. The summed E-state index contributed by atoms with van der Waals surface area (Å²) in [7, 11) is 1.59. The summed E-state index contributed by atoms with van der Waals surface area (Å²) in [4.78, 5) is 29.1. The van der Waals surface area contributed by atoms with Crippen molar-refractivity contribution in [1.29, 1.82) is 0 Å². The van der Waals surface area contributed by atoms with Crippen molar-refractivity contribution >= 4 is 28.5 Å². The molecule has 0 saturated carbocycles. The number of amides is 2. The maximum Gasteiger partial charge on any atom is 0.249 e. The van der Waals surface area contributed by atoms with Crippen molar-refractivity contribution in [3.63, 3.8) is 0 Å². The molecular weight excluding hydrogens is 454 g/mol. The van der Waals surface area contributed by atoms with Crippen LogP contribution in [0.15, 0.2) is 78.9 Å². The Hall–Kier alpha value is -4.20. The largest absolute Gasteiger partial charge is 0.497 e. The summed E-state index contributed by atoms with van der Waals surface area (Å²) in [5.41, 5.74) is 2.75. The van der Waals surface area contributed by atoms with E-state index in [1.165, 1.54) is 4.90 Å². The Labute approximate surface area is 210 Å². The molecule has 2 amide bonds. The first-order valence-electron chi connectivity index (χ1n) is 12.0. The lowest BCUT2D eigenvalue weighted by molar-refractivity contribution is -0.127. The van der Waals surface area contributed by atoms with Crippen LogP contribution in [0.5, 0.6) is 5.75 Å². The van der Waals surface area contributed by atoms with Crippen molar-refractivity contribution in [2.75, 3.05) is 18.6 Å². The van der Waals surface area contributed by atoms with Crippen LogP contribution in [-0.4, -0.2) is 40.5 Å². The van der Waals surface area contributed by atoms with Crippen molar-refractivity contribution < 1.29 is 14.3 Å². The molecule has 4 aromatic rings. The van der Waals surface area contributed by atoms with Crippen molar-refractivity contribution in [2.45, 2.75) is 32.9 Å². The van der Waals surface area contributed by atoms with E-state index < -0.39 is 6.04 Å². The average Bonchev–Trinajstić information content (AvgIpc) is 3.30. The molecule has 0 saturated heterocycles. The number of nitrogens with one attached hydrogen (secondary N) is 1. The molecule has 8 nitrogen and oxygen atoms in total. The zero-order valence-corrected chi connectivity index (χ0v) is 20.8. The zero-order valence-electron chi connectivity index (χ0n) is 20.8. The van der Waals surface area contributed by atoms with E-state index in [2.05, 4.69) is 29.5 Å². The van der Waals surface area contributed by atoms with Gasteiger partial charge in [0.15, 0.2) is 0 Å². The van der Waals surface area contributed by atoms with E-state index in [1.807, 2.05) is 54.6 Å². The van der Waals surface area contributed by atoms with E-state index >= 15 is 0 Å². The monoisotopic (exact) mass is 485 g/mol. The van der Waals surface area contributed by atoms with E-state index in [9.17, 15) is 9.59 Å². The van der Waals surface area contributed by atoms with Gasteiger partial charge in [0, 0.05) is 12.2 Å². The fraction of sp³-hybridized carbons (Fsp3) is 0.286. The van der Waals surface area contributed by atoms with Crippen molar-refractivity contribution in [3.05, 3.63) is 84.4 Å². The first-order valence-corrected chi connectivity index (χ1v) is 12.0. The van der Waals surface area contributed by atoms with Gasteiger partial charge in [-0.3, -0.25) is 14.5 Å². The third-order valence-electron chi connectivity index (χ3n) is 5.97. The first kappa shape index (κ1) is 24.9. The van der Waals surface area contributed by atoms with Crippen LogP contribution in [0.25, 0.3) is 11.0 Å². The van der Waals surface area contributed by atoms with Crippen LogP contribution in [0, 0.1) is 5.92 Å². The van der Waals surface area contributed by atoms with Gasteiger partial charge in [-0.05, 0) is 54.3 Å². The molecule has 0 aliphatic rings. The Bertz CT molecular complexity index is 1300. The van der Waals surface area contributed by atoms with Gasteiger partial charge in [0.2, 0.25) is 11.8 Å². The zero-order chi connectivity index (χ0) is 25.5. The standard InChI is InChI=1S/C28H31N5O3/c1-20(2)17-18-29-28(35)27(21-9-5-4-6-10-21)33(22-13-15-23(36-3)16-14-22)26(34)19-32-25-12-8-7-11-24(25)30-31-32/h4-16,20,27H,17-19H2,1-3H3,(H,29,35)/t27-/m1/s1. The van der Waals surface area contributed by atoms with E-state index in [4.69, 9.17) is 4.74 Å².